The quantitative estimate of drug-likeness (QED) is 0.667. The van der Waals surface area contributed by atoms with Crippen LogP contribution in [0.1, 0.15) is 37.2 Å². The molecule has 0 heterocycles. The van der Waals surface area contributed by atoms with E-state index in [1.165, 1.54) is 25.7 Å². The number of rotatable bonds is 2. The van der Waals surface area contributed by atoms with Crippen LogP contribution in [0.25, 0.3) is 0 Å². The standard InChI is InChI=1S/C15H24N/c1-16(2,3)15-12-8-7-11-14(15)13-9-5-4-6-10-13/h4-6,9-10,14-15H,7-8,11-12H2,1-3H3/q+1/t14-,15+/m1/s1. The first-order valence-corrected chi connectivity index (χ1v) is 6.45. The minimum absolute atomic E-state index is 0.759. The van der Waals surface area contributed by atoms with Crippen LogP contribution >= 0.6 is 0 Å². The van der Waals surface area contributed by atoms with Crippen molar-refractivity contribution in [3.8, 4) is 0 Å². The van der Waals surface area contributed by atoms with Gasteiger partial charge in [-0.05, 0) is 18.4 Å². The molecule has 0 unspecified atom stereocenters. The first-order valence-electron chi connectivity index (χ1n) is 6.45. The lowest BCUT2D eigenvalue weighted by atomic mass is 9.78. The molecular weight excluding hydrogens is 194 g/mol. The van der Waals surface area contributed by atoms with Crippen LogP contribution < -0.4 is 0 Å². The van der Waals surface area contributed by atoms with Gasteiger partial charge in [-0.3, -0.25) is 0 Å². The highest BCUT2D eigenvalue weighted by Crippen LogP contribution is 2.37. The van der Waals surface area contributed by atoms with Crippen LogP contribution in [-0.4, -0.2) is 31.7 Å². The molecule has 0 saturated heterocycles. The molecule has 1 aromatic rings. The molecule has 2 rings (SSSR count). The molecule has 0 bridgehead atoms. The van der Waals surface area contributed by atoms with Crippen molar-refractivity contribution in [2.45, 2.75) is 37.6 Å². The second kappa shape index (κ2) is 4.58. The summed E-state index contributed by atoms with van der Waals surface area (Å²) in [6.07, 6.45) is 5.55. The van der Waals surface area contributed by atoms with E-state index in [9.17, 15) is 0 Å². The fraction of sp³-hybridized carbons (Fsp3) is 0.600. The fourth-order valence-corrected chi connectivity index (χ4v) is 3.13. The summed E-state index contributed by atoms with van der Waals surface area (Å²) >= 11 is 0. The molecule has 0 aromatic heterocycles. The summed E-state index contributed by atoms with van der Waals surface area (Å²) in [6.45, 7) is 0. The first kappa shape index (κ1) is 11.7. The number of benzene rings is 1. The minimum Gasteiger partial charge on any atom is -0.328 e. The Balaban J connectivity index is 2.24. The summed E-state index contributed by atoms with van der Waals surface area (Å²) in [7, 11) is 7.02. The third kappa shape index (κ3) is 2.46. The second-order valence-corrected chi connectivity index (χ2v) is 5.99. The number of nitrogens with zero attached hydrogens (tertiary/aromatic N) is 1. The van der Waals surface area contributed by atoms with Crippen molar-refractivity contribution in [3.05, 3.63) is 35.9 Å². The van der Waals surface area contributed by atoms with Crippen molar-refractivity contribution in [3.63, 3.8) is 0 Å². The van der Waals surface area contributed by atoms with Crippen molar-refractivity contribution in [2.24, 2.45) is 0 Å². The van der Waals surface area contributed by atoms with E-state index in [0.717, 1.165) is 16.4 Å². The van der Waals surface area contributed by atoms with Gasteiger partial charge in [0.15, 0.2) is 0 Å². The zero-order valence-electron chi connectivity index (χ0n) is 10.8. The number of quaternary nitrogens is 1. The Morgan fingerprint density at radius 3 is 2.19 bits per heavy atom. The van der Waals surface area contributed by atoms with Crippen LogP contribution in [0.2, 0.25) is 0 Å². The Labute approximate surface area is 99.7 Å². The van der Waals surface area contributed by atoms with Gasteiger partial charge in [0.1, 0.15) is 0 Å². The zero-order chi connectivity index (χ0) is 11.6. The summed E-state index contributed by atoms with van der Waals surface area (Å²) in [5.74, 6) is 0.759. The lowest BCUT2D eigenvalue weighted by Crippen LogP contribution is -2.49. The van der Waals surface area contributed by atoms with Crippen LogP contribution in [0.15, 0.2) is 30.3 Å². The van der Waals surface area contributed by atoms with Gasteiger partial charge in [-0.2, -0.15) is 0 Å². The van der Waals surface area contributed by atoms with E-state index in [2.05, 4.69) is 51.5 Å². The van der Waals surface area contributed by atoms with E-state index in [0.29, 0.717) is 0 Å². The van der Waals surface area contributed by atoms with Crippen molar-refractivity contribution >= 4 is 0 Å². The van der Waals surface area contributed by atoms with Crippen molar-refractivity contribution in [1.82, 2.24) is 0 Å². The zero-order valence-corrected chi connectivity index (χ0v) is 10.8. The Hall–Kier alpha value is -0.820. The molecule has 0 amide bonds. The van der Waals surface area contributed by atoms with E-state index in [4.69, 9.17) is 0 Å². The molecule has 0 aliphatic heterocycles. The van der Waals surface area contributed by atoms with E-state index in [1.807, 2.05) is 0 Å². The predicted octanol–water partition coefficient (Wildman–Crippen LogP) is 3.42. The van der Waals surface area contributed by atoms with Crippen molar-refractivity contribution in [1.29, 1.82) is 0 Å². The SMILES string of the molecule is C[N+](C)(C)[C@H]1CCCC[C@@H]1c1ccccc1. The Bertz CT molecular complexity index is 323. The van der Waals surface area contributed by atoms with Crippen molar-refractivity contribution < 1.29 is 4.48 Å². The highest BCUT2D eigenvalue weighted by Gasteiger charge is 2.35. The molecule has 88 valence electrons. The van der Waals surface area contributed by atoms with Gasteiger partial charge in [0.05, 0.1) is 27.2 Å². The van der Waals surface area contributed by atoms with Crippen molar-refractivity contribution in [2.75, 3.05) is 21.1 Å². The summed E-state index contributed by atoms with van der Waals surface area (Å²) in [6, 6.07) is 11.9. The van der Waals surface area contributed by atoms with Gasteiger partial charge in [-0.15, -0.1) is 0 Å². The maximum absolute atomic E-state index is 2.34. The normalized spacial score (nSPS) is 26.7. The molecule has 2 atom stereocenters. The van der Waals surface area contributed by atoms with Crippen LogP contribution in [0, 0.1) is 0 Å². The minimum atomic E-state index is 0.759. The molecular formula is C15H24N+. The fourth-order valence-electron chi connectivity index (χ4n) is 3.13. The van der Waals surface area contributed by atoms with Gasteiger partial charge in [0.25, 0.3) is 0 Å². The van der Waals surface area contributed by atoms with E-state index in [1.54, 1.807) is 5.56 Å². The lowest BCUT2D eigenvalue weighted by Gasteiger charge is -2.42. The van der Waals surface area contributed by atoms with E-state index >= 15 is 0 Å². The smallest absolute Gasteiger partial charge is 0.0953 e. The van der Waals surface area contributed by atoms with E-state index < -0.39 is 0 Å². The van der Waals surface area contributed by atoms with Crippen LogP contribution in [-0.2, 0) is 0 Å². The average molecular weight is 218 g/mol. The number of hydrogen-bond donors (Lipinski definition) is 0. The Morgan fingerprint density at radius 1 is 0.938 bits per heavy atom. The van der Waals surface area contributed by atoms with Gasteiger partial charge < -0.3 is 4.48 Å². The highest BCUT2D eigenvalue weighted by molar-refractivity contribution is 5.21. The number of likely N-dealkylation sites (N-methyl/N-ethyl adjacent to an activating group) is 1. The molecule has 1 nitrogen and oxygen atoms in total. The Morgan fingerprint density at radius 2 is 1.56 bits per heavy atom. The molecule has 1 saturated carbocycles. The summed E-state index contributed by atoms with van der Waals surface area (Å²) in [5.41, 5.74) is 1.54. The summed E-state index contributed by atoms with van der Waals surface area (Å²) in [4.78, 5) is 0. The molecule has 0 spiro atoms. The van der Waals surface area contributed by atoms with Gasteiger partial charge in [-0.25, -0.2) is 0 Å². The Kier molecular flexibility index (Phi) is 3.34. The predicted molar refractivity (Wildman–Crippen MR) is 69.5 cm³/mol. The number of hydrogen-bond acceptors (Lipinski definition) is 0. The summed E-state index contributed by atoms with van der Waals surface area (Å²) in [5, 5.41) is 0. The van der Waals surface area contributed by atoms with Crippen LogP contribution in [0.4, 0.5) is 0 Å². The molecule has 0 radical (unpaired) electrons. The van der Waals surface area contributed by atoms with Gasteiger partial charge in [-0.1, -0.05) is 36.8 Å². The maximum atomic E-state index is 2.34. The highest BCUT2D eigenvalue weighted by atomic mass is 15.3. The molecule has 16 heavy (non-hydrogen) atoms. The lowest BCUT2D eigenvalue weighted by molar-refractivity contribution is -0.899. The van der Waals surface area contributed by atoms with Gasteiger partial charge in [0.2, 0.25) is 0 Å². The molecule has 1 aliphatic rings. The largest absolute Gasteiger partial charge is 0.328 e. The average Bonchev–Trinajstić information content (AvgIpc) is 2.29. The topological polar surface area (TPSA) is 0 Å². The molecule has 1 aromatic carbocycles. The van der Waals surface area contributed by atoms with E-state index in [-0.39, 0.29) is 0 Å². The molecule has 1 fully saturated rings. The van der Waals surface area contributed by atoms with Gasteiger partial charge >= 0.3 is 0 Å². The maximum Gasteiger partial charge on any atom is 0.0953 e. The summed E-state index contributed by atoms with van der Waals surface area (Å²) < 4.78 is 1.10. The third-order valence-electron chi connectivity index (χ3n) is 3.95. The molecule has 1 aliphatic carbocycles. The van der Waals surface area contributed by atoms with Crippen LogP contribution in [0.5, 0.6) is 0 Å². The molecule has 1 heteroatoms. The van der Waals surface area contributed by atoms with Gasteiger partial charge in [0, 0.05) is 12.3 Å². The second-order valence-electron chi connectivity index (χ2n) is 5.99. The van der Waals surface area contributed by atoms with Crippen LogP contribution in [0.3, 0.4) is 0 Å². The first-order chi connectivity index (χ1) is 7.59. The molecule has 0 N–H and O–H groups in total. The monoisotopic (exact) mass is 218 g/mol. The third-order valence-corrected chi connectivity index (χ3v) is 3.95.